The van der Waals surface area contributed by atoms with Crippen molar-refractivity contribution in [2.24, 2.45) is 17.8 Å². The van der Waals surface area contributed by atoms with E-state index in [4.69, 9.17) is 0 Å². The molecule has 1 N–H and O–H groups in total. The first-order valence-corrected chi connectivity index (χ1v) is 8.27. The third kappa shape index (κ3) is 3.08. The van der Waals surface area contributed by atoms with Gasteiger partial charge in [0.05, 0.1) is 0 Å². The molecule has 2 heteroatoms. The van der Waals surface area contributed by atoms with Crippen molar-refractivity contribution in [1.82, 2.24) is 10.2 Å². The van der Waals surface area contributed by atoms with Gasteiger partial charge in [0.25, 0.3) is 0 Å². The molecule has 3 rings (SSSR count). The molecule has 0 aromatic heterocycles. The van der Waals surface area contributed by atoms with Gasteiger partial charge in [-0.2, -0.15) is 0 Å². The molecule has 2 saturated carbocycles. The van der Waals surface area contributed by atoms with Crippen molar-refractivity contribution in [2.75, 3.05) is 26.2 Å². The molecule has 18 heavy (non-hydrogen) atoms. The second-order valence-corrected chi connectivity index (χ2v) is 7.12. The van der Waals surface area contributed by atoms with Gasteiger partial charge < -0.3 is 10.2 Å². The molecule has 2 atom stereocenters. The number of hydrogen-bond acceptors (Lipinski definition) is 2. The molecule has 104 valence electrons. The molecule has 3 fully saturated rings. The van der Waals surface area contributed by atoms with Crippen molar-refractivity contribution in [1.29, 1.82) is 0 Å². The zero-order valence-electron chi connectivity index (χ0n) is 12.0. The lowest BCUT2D eigenvalue weighted by molar-refractivity contribution is 0.273. The summed E-state index contributed by atoms with van der Waals surface area (Å²) in [5, 5.41) is 3.79. The quantitative estimate of drug-likeness (QED) is 0.825. The van der Waals surface area contributed by atoms with Crippen molar-refractivity contribution in [3.05, 3.63) is 0 Å². The van der Waals surface area contributed by atoms with Crippen LogP contribution in [0.5, 0.6) is 0 Å². The minimum absolute atomic E-state index is 0.823. The van der Waals surface area contributed by atoms with E-state index in [9.17, 15) is 0 Å². The van der Waals surface area contributed by atoms with Crippen molar-refractivity contribution >= 4 is 0 Å². The first-order chi connectivity index (χ1) is 8.81. The normalized spacial score (nSPS) is 41.2. The molecule has 0 amide bonds. The van der Waals surface area contributed by atoms with Crippen LogP contribution < -0.4 is 5.32 Å². The second-order valence-electron chi connectivity index (χ2n) is 7.12. The summed E-state index contributed by atoms with van der Waals surface area (Å²) in [6.07, 6.45) is 10.2. The average Bonchev–Trinajstić information content (AvgIpc) is 2.92. The van der Waals surface area contributed by atoms with Crippen molar-refractivity contribution < 1.29 is 0 Å². The molecular weight excluding hydrogens is 220 g/mol. The first kappa shape index (κ1) is 12.9. The lowest BCUT2D eigenvalue weighted by Crippen LogP contribution is -2.38. The molecule has 0 spiro atoms. The predicted molar refractivity (Wildman–Crippen MR) is 76.7 cm³/mol. The second kappa shape index (κ2) is 5.92. The summed E-state index contributed by atoms with van der Waals surface area (Å²) in [4.78, 5) is 2.72. The summed E-state index contributed by atoms with van der Waals surface area (Å²) < 4.78 is 0. The number of likely N-dealkylation sites (tertiary alicyclic amines) is 1. The van der Waals surface area contributed by atoms with Crippen LogP contribution in [-0.4, -0.2) is 37.1 Å². The average molecular weight is 250 g/mol. The maximum atomic E-state index is 3.79. The van der Waals surface area contributed by atoms with Crippen LogP contribution in [-0.2, 0) is 0 Å². The van der Waals surface area contributed by atoms with Crippen LogP contribution in [0.3, 0.4) is 0 Å². The van der Waals surface area contributed by atoms with Crippen LogP contribution in [0.4, 0.5) is 0 Å². The zero-order valence-corrected chi connectivity index (χ0v) is 12.0. The van der Waals surface area contributed by atoms with E-state index in [0.29, 0.717) is 0 Å². The van der Waals surface area contributed by atoms with Gasteiger partial charge >= 0.3 is 0 Å². The number of fused-ring (bicyclic) bond motifs is 1. The van der Waals surface area contributed by atoms with Gasteiger partial charge in [-0.1, -0.05) is 13.3 Å². The minimum atomic E-state index is 0.823. The van der Waals surface area contributed by atoms with Gasteiger partial charge in [-0.3, -0.25) is 0 Å². The molecule has 1 heterocycles. The van der Waals surface area contributed by atoms with E-state index in [0.717, 1.165) is 23.8 Å². The van der Waals surface area contributed by atoms with E-state index < -0.39 is 0 Å². The molecule has 1 aliphatic heterocycles. The Kier molecular flexibility index (Phi) is 4.25. The lowest BCUT2D eigenvalue weighted by Gasteiger charge is -2.28. The predicted octanol–water partition coefficient (Wildman–Crippen LogP) is 2.89. The Hall–Kier alpha value is -0.0800. The Morgan fingerprint density at radius 2 is 1.61 bits per heavy atom. The molecule has 1 saturated heterocycles. The van der Waals surface area contributed by atoms with Crippen LogP contribution in [0.2, 0.25) is 0 Å². The zero-order chi connectivity index (χ0) is 12.4. The fourth-order valence-electron chi connectivity index (χ4n) is 4.41. The summed E-state index contributed by atoms with van der Waals surface area (Å²) in [5.74, 6) is 3.09. The van der Waals surface area contributed by atoms with Gasteiger partial charge in [0.1, 0.15) is 0 Å². The summed E-state index contributed by atoms with van der Waals surface area (Å²) in [7, 11) is 0. The van der Waals surface area contributed by atoms with E-state index >= 15 is 0 Å². The molecule has 2 unspecified atom stereocenters. The van der Waals surface area contributed by atoms with Crippen LogP contribution in [0, 0.1) is 17.8 Å². The highest BCUT2D eigenvalue weighted by Gasteiger charge is 2.35. The molecule has 0 bridgehead atoms. The smallest absolute Gasteiger partial charge is 0.0107 e. The van der Waals surface area contributed by atoms with Gasteiger partial charge in [0, 0.05) is 32.2 Å². The number of nitrogens with one attached hydrogen (secondary N) is 1. The lowest BCUT2D eigenvalue weighted by atomic mass is 9.87. The third-order valence-electron chi connectivity index (χ3n) is 5.68. The Morgan fingerprint density at radius 1 is 0.944 bits per heavy atom. The molecular formula is C16H30N2. The van der Waals surface area contributed by atoms with Crippen molar-refractivity contribution in [2.45, 2.75) is 57.9 Å². The third-order valence-corrected chi connectivity index (χ3v) is 5.68. The number of rotatable bonds is 4. The van der Waals surface area contributed by atoms with Crippen LogP contribution >= 0.6 is 0 Å². The SMILES string of the molecule is CC1CCC(NCCN2CC3CCCC3C2)CC1. The molecule has 0 radical (unpaired) electrons. The van der Waals surface area contributed by atoms with E-state index in [1.807, 2.05) is 0 Å². The highest BCUT2D eigenvalue weighted by Crippen LogP contribution is 2.37. The Morgan fingerprint density at radius 3 is 2.28 bits per heavy atom. The maximum absolute atomic E-state index is 3.79. The van der Waals surface area contributed by atoms with Gasteiger partial charge in [-0.05, 0) is 56.3 Å². The highest BCUT2D eigenvalue weighted by atomic mass is 15.2. The van der Waals surface area contributed by atoms with Gasteiger partial charge in [-0.15, -0.1) is 0 Å². The van der Waals surface area contributed by atoms with Crippen LogP contribution in [0.1, 0.15) is 51.9 Å². The number of nitrogens with zero attached hydrogens (tertiary/aromatic N) is 1. The molecule has 3 aliphatic rings. The fourth-order valence-corrected chi connectivity index (χ4v) is 4.41. The van der Waals surface area contributed by atoms with Crippen molar-refractivity contribution in [3.63, 3.8) is 0 Å². The monoisotopic (exact) mass is 250 g/mol. The first-order valence-electron chi connectivity index (χ1n) is 8.27. The van der Waals surface area contributed by atoms with E-state index in [-0.39, 0.29) is 0 Å². The molecule has 2 aliphatic carbocycles. The molecule has 0 aromatic rings. The number of hydrogen-bond donors (Lipinski definition) is 1. The largest absolute Gasteiger partial charge is 0.313 e. The molecule has 2 nitrogen and oxygen atoms in total. The van der Waals surface area contributed by atoms with Crippen molar-refractivity contribution in [3.8, 4) is 0 Å². The molecule has 0 aromatic carbocycles. The maximum Gasteiger partial charge on any atom is 0.0107 e. The van der Waals surface area contributed by atoms with Gasteiger partial charge in [-0.25, -0.2) is 0 Å². The Labute approximate surface area is 113 Å². The summed E-state index contributed by atoms with van der Waals surface area (Å²) >= 11 is 0. The summed E-state index contributed by atoms with van der Waals surface area (Å²) in [6, 6.07) is 0.823. The van der Waals surface area contributed by atoms with E-state index in [2.05, 4.69) is 17.1 Å². The van der Waals surface area contributed by atoms with Gasteiger partial charge in [0.2, 0.25) is 0 Å². The minimum Gasteiger partial charge on any atom is -0.313 e. The summed E-state index contributed by atoms with van der Waals surface area (Å²) in [6.45, 7) is 7.71. The standard InChI is InChI=1S/C16H30N2/c1-13-5-7-16(8-6-13)17-9-10-18-11-14-3-2-4-15(14)12-18/h13-17H,2-12H2,1H3. The topological polar surface area (TPSA) is 15.3 Å². The highest BCUT2D eigenvalue weighted by molar-refractivity contribution is 4.88. The van der Waals surface area contributed by atoms with Crippen LogP contribution in [0.15, 0.2) is 0 Å². The fraction of sp³-hybridized carbons (Fsp3) is 1.00. The van der Waals surface area contributed by atoms with Crippen LogP contribution in [0.25, 0.3) is 0 Å². The van der Waals surface area contributed by atoms with Gasteiger partial charge in [0.15, 0.2) is 0 Å². The Balaban J connectivity index is 1.31. The Bertz CT molecular complexity index is 246. The van der Waals surface area contributed by atoms with E-state index in [1.54, 1.807) is 0 Å². The summed E-state index contributed by atoms with van der Waals surface area (Å²) in [5.41, 5.74) is 0. The van der Waals surface area contributed by atoms with E-state index in [1.165, 1.54) is 71.1 Å².